The first kappa shape index (κ1) is 18.0. The molecule has 0 aliphatic rings. The van der Waals surface area contributed by atoms with Crippen LogP contribution in [0.5, 0.6) is 5.75 Å². The highest BCUT2D eigenvalue weighted by Gasteiger charge is 2.22. The summed E-state index contributed by atoms with van der Waals surface area (Å²) in [7, 11) is 0. The molecule has 0 amide bonds. The van der Waals surface area contributed by atoms with Crippen molar-refractivity contribution in [2.45, 2.75) is 52.9 Å². The number of rotatable bonds is 7. The van der Waals surface area contributed by atoms with Gasteiger partial charge in [0.15, 0.2) is 0 Å². The summed E-state index contributed by atoms with van der Waals surface area (Å²) in [6, 6.07) is 4.49. The zero-order valence-corrected chi connectivity index (χ0v) is 14.3. The number of ether oxygens (including phenoxy) is 1. The highest BCUT2D eigenvalue weighted by Crippen LogP contribution is 2.36. The van der Waals surface area contributed by atoms with Crippen LogP contribution in [0.3, 0.4) is 0 Å². The smallest absolute Gasteiger partial charge is 0.126 e. The molecular weight excluding hydrogens is 260 g/mol. The van der Waals surface area contributed by atoms with E-state index in [-0.39, 0.29) is 5.41 Å². The van der Waals surface area contributed by atoms with Crippen molar-refractivity contribution in [3.8, 4) is 5.75 Å². The Morgan fingerprint density at radius 3 is 2.24 bits per heavy atom. The fraction of sp³-hybridized carbons (Fsp3) is 0.667. The van der Waals surface area contributed by atoms with E-state index in [2.05, 4.69) is 39.8 Å². The summed E-state index contributed by atoms with van der Waals surface area (Å²) >= 11 is 0. The van der Waals surface area contributed by atoms with E-state index in [1.54, 1.807) is 0 Å². The number of nitrogens with two attached hydrogens (primary N) is 2. The fourth-order valence-corrected chi connectivity index (χ4v) is 2.60. The van der Waals surface area contributed by atoms with Gasteiger partial charge >= 0.3 is 0 Å². The van der Waals surface area contributed by atoms with E-state index >= 15 is 0 Å². The molecule has 0 saturated carbocycles. The van der Waals surface area contributed by atoms with Gasteiger partial charge in [-0.25, -0.2) is 0 Å². The van der Waals surface area contributed by atoms with Crippen molar-refractivity contribution in [2.75, 3.05) is 19.7 Å². The van der Waals surface area contributed by atoms with Crippen molar-refractivity contribution in [1.29, 1.82) is 0 Å². The van der Waals surface area contributed by atoms with E-state index < -0.39 is 0 Å². The van der Waals surface area contributed by atoms with E-state index in [0.717, 1.165) is 18.6 Å². The quantitative estimate of drug-likeness (QED) is 0.811. The minimum Gasteiger partial charge on any atom is -0.493 e. The largest absolute Gasteiger partial charge is 0.493 e. The molecule has 1 rings (SSSR count). The Kier molecular flexibility index (Phi) is 6.69. The van der Waals surface area contributed by atoms with Crippen LogP contribution in [0.25, 0.3) is 0 Å². The maximum atomic E-state index is 5.99. The third-order valence-electron chi connectivity index (χ3n) is 3.90. The van der Waals surface area contributed by atoms with Gasteiger partial charge in [0.1, 0.15) is 5.75 Å². The maximum absolute atomic E-state index is 5.99. The number of hydrogen-bond acceptors (Lipinski definition) is 3. The van der Waals surface area contributed by atoms with Gasteiger partial charge in [0, 0.05) is 5.56 Å². The molecule has 0 fully saturated rings. The topological polar surface area (TPSA) is 61.3 Å². The van der Waals surface area contributed by atoms with E-state index in [0.29, 0.717) is 25.6 Å². The molecule has 0 aliphatic carbocycles. The van der Waals surface area contributed by atoms with E-state index in [9.17, 15) is 0 Å². The SMILES string of the molecule is CCOc1c(CCC(CN)CN)cc(C)cc1C(C)(C)C. The summed E-state index contributed by atoms with van der Waals surface area (Å²) in [4.78, 5) is 0. The van der Waals surface area contributed by atoms with Crippen molar-refractivity contribution in [3.05, 3.63) is 28.8 Å². The molecule has 21 heavy (non-hydrogen) atoms. The lowest BCUT2D eigenvalue weighted by molar-refractivity contribution is 0.324. The Balaban J connectivity index is 3.14. The standard InChI is InChI=1S/C18H32N2O/c1-6-21-17-15(8-7-14(11-19)12-20)9-13(2)10-16(17)18(3,4)5/h9-10,14H,6-8,11-12,19-20H2,1-5H3. The summed E-state index contributed by atoms with van der Waals surface area (Å²) in [5.74, 6) is 1.45. The van der Waals surface area contributed by atoms with E-state index in [1.807, 2.05) is 6.92 Å². The zero-order chi connectivity index (χ0) is 16.0. The third kappa shape index (κ3) is 5.01. The van der Waals surface area contributed by atoms with Gasteiger partial charge < -0.3 is 16.2 Å². The second kappa shape index (κ2) is 7.81. The predicted octanol–water partition coefficient (Wildman–Crippen LogP) is 3.16. The molecular formula is C18H32N2O. The van der Waals surface area contributed by atoms with Crippen molar-refractivity contribution in [1.82, 2.24) is 0 Å². The molecule has 0 atom stereocenters. The average Bonchev–Trinajstić information content (AvgIpc) is 2.41. The van der Waals surface area contributed by atoms with E-state index in [4.69, 9.17) is 16.2 Å². The summed E-state index contributed by atoms with van der Waals surface area (Å²) in [6.45, 7) is 12.9. The Morgan fingerprint density at radius 2 is 1.76 bits per heavy atom. The van der Waals surface area contributed by atoms with Gasteiger partial charge in [-0.05, 0) is 56.7 Å². The predicted molar refractivity (Wildman–Crippen MR) is 91.0 cm³/mol. The molecule has 0 unspecified atom stereocenters. The van der Waals surface area contributed by atoms with Crippen LogP contribution >= 0.6 is 0 Å². The van der Waals surface area contributed by atoms with Gasteiger partial charge in [-0.1, -0.05) is 38.5 Å². The minimum atomic E-state index is 0.0758. The van der Waals surface area contributed by atoms with Crippen LogP contribution in [0.4, 0.5) is 0 Å². The molecule has 1 aromatic carbocycles. The van der Waals surface area contributed by atoms with Crippen LogP contribution in [0, 0.1) is 12.8 Å². The molecule has 3 heteroatoms. The second-order valence-corrected chi connectivity index (χ2v) is 6.86. The van der Waals surface area contributed by atoms with Gasteiger partial charge in [0.2, 0.25) is 0 Å². The molecule has 1 aromatic rings. The average molecular weight is 292 g/mol. The Labute approximate surface area is 130 Å². The summed E-state index contributed by atoms with van der Waals surface area (Å²) < 4.78 is 5.99. The van der Waals surface area contributed by atoms with Crippen LogP contribution in [0.15, 0.2) is 12.1 Å². The van der Waals surface area contributed by atoms with Crippen molar-refractivity contribution < 1.29 is 4.74 Å². The Morgan fingerprint density at radius 1 is 1.14 bits per heavy atom. The zero-order valence-electron chi connectivity index (χ0n) is 14.3. The highest BCUT2D eigenvalue weighted by molar-refractivity contribution is 5.48. The maximum Gasteiger partial charge on any atom is 0.126 e. The molecule has 0 heterocycles. The first-order chi connectivity index (χ1) is 9.83. The monoisotopic (exact) mass is 292 g/mol. The van der Waals surface area contributed by atoms with E-state index in [1.165, 1.54) is 16.7 Å². The Hall–Kier alpha value is -1.06. The van der Waals surface area contributed by atoms with Gasteiger partial charge in [-0.2, -0.15) is 0 Å². The van der Waals surface area contributed by atoms with Gasteiger partial charge in [-0.15, -0.1) is 0 Å². The molecule has 0 spiro atoms. The first-order valence-electron chi connectivity index (χ1n) is 8.00. The van der Waals surface area contributed by atoms with Gasteiger partial charge in [-0.3, -0.25) is 0 Å². The lowest BCUT2D eigenvalue weighted by atomic mass is 9.83. The molecule has 0 bridgehead atoms. The summed E-state index contributed by atoms with van der Waals surface area (Å²) in [5, 5.41) is 0. The van der Waals surface area contributed by atoms with Crippen molar-refractivity contribution in [2.24, 2.45) is 17.4 Å². The van der Waals surface area contributed by atoms with Crippen LogP contribution in [0.1, 0.15) is 50.8 Å². The molecule has 0 aliphatic heterocycles. The lowest BCUT2D eigenvalue weighted by Crippen LogP contribution is -2.24. The van der Waals surface area contributed by atoms with Crippen LogP contribution in [-0.4, -0.2) is 19.7 Å². The molecule has 3 nitrogen and oxygen atoms in total. The third-order valence-corrected chi connectivity index (χ3v) is 3.90. The molecule has 120 valence electrons. The normalized spacial score (nSPS) is 12.0. The van der Waals surface area contributed by atoms with Crippen molar-refractivity contribution in [3.63, 3.8) is 0 Å². The minimum absolute atomic E-state index is 0.0758. The molecule has 4 N–H and O–H groups in total. The summed E-state index contributed by atoms with van der Waals surface area (Å²) in [5.41, 5.74) is 15.5. The number of benzene rings is 1. The summed E-state index contributed by atoms with van der Waals surface area (Å²) in [6.07, 6.45) is 1.99. The molecule has 0 saturated heterocycles. The van der Waals surface area contributed by atoms with Crippen LogP contribution < -0.4 is 16.2 Å². The van der Waals surface area contributed by atoms with Crippen molar-refractivity contribution >= 4 is 0 Å². The molecule has 0 radical (unpaired) electrons. The number of hydrogen-bond donors (Lipinski definition) is 2. The van der Waals surface area contributed by atoms with Crippen LogP contribution in [0.2, 0.25) is 0 Å². The van der Waals surface area contributed by atoms with Gasteiger partial charge in [0.25, 0.3) is 0 Å². The fourth-order valence-electron chi connectivity index (χ4n) is 2.60. The number of aryl methyl sites for hydroxylation is 2. The molecule has 0 aromatic heterocycles. The highest BCUT2D eigenvalue weighted by atomic mass is 16.5. The van der Waals surface area contributed by atoms with Crippen LogP contribution in [-0.2, 0) is 11.8 Å². The Bertz CT molecular complexity index is 445. The van der Waals surface area contributed by atoms with Gasteiger partial charge in [0.05, 0.1) is 6.61 Å². The second-order valence-electron chi connectivity index (χ2n) is 6.86. The lowest BCUT2D eigenvalue weighted by Gasteiger charge is -2.26. The first-order valence-corrected chi connectivity index (χ1v) is 8.00.